The van der Waals surface area contributed by atoms with E-state index in [4.69, 9.17) is 9.15 Å². The maximum atomic E-state index is 12.6. The number of aromatic nitrogens is 1. The molecule has 2 atom stereocenters. The second-order valence-corrected chi connectivity index (χ2v) is 7.57. The molecule has 1 aliphatic rings. The minimum Gasteiger partial charge on any atom is -0.422 e. The summed E-state index contributed by atoms with van der Waals surface area (Å²) >= 11 is 0. The van der Waals surface area contributed by atoms with E-state index in [0.29, 0.717) is 28.8 Å². The lowest BCUT2D eigenvalue weighted by molar-refractivity contribution is -0.907. The summed E-state index contributed by atoms with van der Waals surface area (Å²) in [7, 11) is 0. The zero-order chi connectivity index (χ0) is 19.8. The topological polar surface area (TPSA) is 85.9 Å². The Morgan fingerprint density at radius 2 is 1.96 bits per heavy atom. The number of ether oxygens (including phenoxy) is 1. The number of hydrogen-bond donors (Lipinski definition) is 2. The van der Waals surface area contributed by atoms with E-state index in [0.717, 1.165) is 24.0 Å². The van der Waals surface area contributed by atoms with Crippen LogP contribution in [0.1, 0.15) is 19.4 Å². The predicted octanol–water partition coefficient (Wildman–Crippen LogP) is 1.28. The van der Waals surface area contributed by atoms with Gasteiger partial charge in [0.2, 0.25) is 0 Å². The summed E-state index contributed by atoms with van der Waals surface area (Å²) in [4.78, 5) is 30.7. The highest BCUT2D eigenvalue weighted by Crippen LogP contribution is 2.25. The van der Waals surface area contributed by atoms with E-state index in [9.17, 15) is 9.59 Å². The van der Waals surface area contributed by atoms with Crippen molar-refractivity contribution in [2.24, 2.45) is 0 Å². The predicted molar refractivity (Wildman–Crippen MR) is 107 cm³/mol. The van der Waals surface area contributed by atoms with Crippen molar-refractivity contribution in [3.63, 3.8) is 0 Å². The third kappa shape index (κ3) is 3.63. The van der Waals surface area contributed by atoms with Crippen LogP contribution in [0.4, 0.5) is 5.82 Å². The fourth-order valence-electron chi connectivity index (χ4n) is 4.04. The molecule has 2 N–H and O–H groups in total. The van der Waals surface area contributed by atoms with Crippen LogP contribution in [0.15, 0.2) is 39.5 Å². The SMILES string of the molecule is Cc1cc(NC(=O)C[NH+]2C[C@@H](C)O[C@H](C)C2)nc2c1c(=O)oc1ccccc12. The highest BCUT2D eigenvalue weighted by molar-refractivity contribution is 6.04. The van der Waals surface area contributed by atoms with E-state index >= 15 is 0 Å². The molecule has 1 fully saturated rings. The largest absolute Gasteiger partial charge is 0.422 e. The molecule has 0 unspecified atom stereocenters. The number of carbonyl (C=O) groups is 1. The second kappa shape index (κ2) is 7.33. The molecule has 2 aromatic heterocycles. The molecule has 3 aromatic rings. The number of aryl methyl sites for hydroxylation is 1. The number of hydrogen-bond acceptors (Lipinski definition) is 5. The molecule has 3 heterocycles. The number of anilines is 1. The van der Waals surface area contributed by atoms with E-state index in [1.807, 2.05) is 39.0 Å². The number of benzene rings is 1. The lowest BCUT2D eigenvalue weighted by atomic mass is 10.1. The third-order valence-electron chi connectivity index (χ3n) is 5.06. The number of rotatable bonds is 3. The minimum absolute atomic E-state index is 0.102. The van der Waals surface area contributed by atoms with E-state index < -0.39 is 5.63 Å². The van der Waals surface area contributed by atoms with Crippen molar-refractivity contribution >= 4 is 33.6 Å². The first-order chi connectivity index (χ1) is 13.4. The van der Waals surface area contributed by atoms with E-state index in [2.05, 4.69) is 10.3 Å². The van der Waals surface area contributed by atoms with Gasteiger partial charge in [-0.1, -0.05) is 12.1 Å². The summed E-state index contributed by atoms with van der Waals surface area (Å²) < 4.78 is 11.1. The van der Waals surface area contributed by atoms with Crippen LogP contribution in [0, 0.1) is 6.92 Å². The van der Waals surface area contributed by atoms with Crippen LogP contribution in [0.3, 0.4) is 0 Å². The third-order valence-corrected chi connectivity index (χ3v) is 5.06. The van der Waals surface area contributed by atoms with Crippen molar-refractivity contribution in [3.05, 3.63) is 46.3 Å². The van der Waals surface area contributed by atoms with Crippen molar-refractivity contribution in [2.75, 3.05) is 25.0 Å². The van der Waals surface area contributed by atoms with Crippen molar-refractivity contribution < 1.29 is 18.8 Å². The molecule has 0 radical (unpaired) electrons. The van der Waals surface area contributed by atoms with Gasteiger partial charge in [-0.3, -0.25) is 4.79 Å². The maximum absolute atomic E-state index is 12.6. The van der Waals surface area contributed by atoms with Gasteiger partial charge in [0.15, 0.2) is 6.54 Å². The highest BCUT2D eigenvalue weighted by atomic mass is 16.5. The first-order valence-corrected chi connectivity index (χ1v) is 9.53. The van der Waals surface area contributed by atoms with Gasteiger partial charge in [-0.05, 0) is 44.5 Å². The Labute approximate surface area is 162 Å². The van der Waals surface area contributed by atoms with Crippen LogP contribution in [-0.4, -0.2) is 42.7 Å². The molecule has 1 aliphatic heterocycles. The van der Waals surface area contributed by atoms with E-state index in [-0.39, 0.29) is 18.1 Å². The highest BCUT2D eigenvalue weighted by Gasteiger charge is 2.27. The Balaban J connectivity index is 1.63. The fraction of sp³-hybridized carbons (Fsp3) is 0.381. The molecule has 1 saturated heterocycles. The van der Waals surface area contributed by atoms with E-state index in [1.54, 1.807) is 12.1 Å². The number of para-hydroxylation sites is 1. The zero-order valence-corrected chi connectivity index (χ0v) is 16.2. The molecular weight excluding hydrogens is 358 g/mol. The number of quaternary nitrogens is 1. The lowest BCUT2D eigenvalue weighted by Gasteiger charge is -2.31. The van der Waals surface area contributed by atoms with Crippen LogP contribution >= 0.6 is 0 Å². The standard InChI is InChI=1S/C21H23N3O4/c1-12-8-17(22-18(25)11-24-9-13(2)27-14(3)10-24)23-20-15-6-4-5-7-16(15)28-21(26)19(12)20/h4-8,13-14H,9-11H2,1-3H3,(H,22,23,25)/p+1/t13-,14-/m1/s1. The van der Waals surface area contributed by atoms with Gasteiger partial charge in [-0.2, -0.15) is 0 Å². The number of morpholine rings is 1. The van der Waals surface area contributed by atoms with Gasteiger partial charge in [0, 0.05) is 5.39 Å². The van der Waals surface area contributed by atoms with Gasteiger partial charge in [0.1, 0.15) is 36.7 Å². The van der Waals surface area contributed by atoms with Crippen molar-refractivity contribution in [1.82, 2.24) is 4.98 Å². The number of nitrogens with one attached hydrogen (secondary N) is 2. The van der Waals surface area contributed by atoms with Crippen LogP contribution in [0.5, 0.6) is 0 Å². The first-order valence-electron chi connectivity index (χ1n) is 9.53. The van der Waals surface area contributed by atoms with Crippen LogP contribution in [-0.2, 0) is 9.53 Å². The smallest absolute Gasteiger partial charge is 0.346 e. The Hall–Kier alpha value is -2.77. The number of pyridine rings is 1. The number of amides is 1. The van der Waals surface area contributed by atoms with Gasteiger partial charge >= 0.3 is 5.63 Å². The van der Waals surface area contributed by atoms with Gasteiger partial charge in [0.05, 0.1) is 10.9 Å². The summed E-state index contributed by atoms with van der Waals surface area (Å²) in [5, 5.41) is 4.08. The van der Waals surface area contributed by atoms with Crippen molar-refractivity contribution in [3.8, 4) is 0 Å². The lowest BCUT2D eigenvalue weighted by Crippen LogP contribution is -3.16. The van der Waals surface area contributed by atoms with Gasteiger partial charge in [-0.25, -0.2) is 9.78 Å². The molecule has 7 nitrogen and oxygen atoms in total. The molecule has 1 amide bonds. The number of nitrogens with zero attached hydrogens (tertiary/aromatic N) is 1. The van der Waals surface area contributed by atoms with Crippen molar-refractivity contribution in [1.29, 1.82) is 0 Å². The summed E-state index contributed by atoms with van der Waals surface area (Å²) in [5.74, 6) is 0.342. The molecular formula is C21H24N3O4+. The normalized spacial score (nSPS) is 22.5. The van der Waals surface area contributed by atoms with Gasteiger partial charge in [-0.15, -0.1) is 0 Å². The van der Waals surface area contributed by atoms with Gasteiger partial charge in [0.25, 0.3) is 5.91 Å². The number of carbonyl (C=O) groups excluding carboxylic acids is 1. The quantitative estimate of drug-likeness (QED) is 0.527. The summed E-state index contributed by atoms with van der Waals surface area (Å²) in [6.07, 6.45) is 0.274. The Morgan fingerprint density at radius 3 is 2.71 bits per heavy atom. The maximum Gasteiger partial charge on any atom is 0.346 e. The molecule has 7 heteroatoms. The fourth-order valence-corrected chi connectivity index (χ4v) is 4.04. The Morgan fingerprint density at radius 1 is 1.25 bits per heavy atom. The first kappa shape index (κ1) is 18.6. The molecule has 4 rings (SSSR count). The second-order valence-electron chi connectivity index (χ2n) is 7.57. The van der Waals surface area contributed by atoms with Crippen LogP contribution in [0.2, 0.25) is 0 Å². The molecule has 0 saturated carbocycles. The Bertz CT molecular complexity index is 1100. The van der Waals surface area contributed by atoms with E-state index in [1.165, 1.54) is 4.90 Å². The molecule has 28 heavy (non-hydrogen) atoms. The monoisotopic (exact) mass is 382 g/mol. The summed E-state index contributed by atoms with van der Waals surface area (Å²) in [5.41, 5.74) is 1.33. The molecule has 0 spiro atoms. The molecule has 146 valence electrons. The summed E-state index contributed by atoms with van der Waals surface area (Å²) in [6, 6.07) is 8.99. The van der Waals surface area contributed by atoms with Crippen LogP contribution < -0.4 is 15.8 Å². The molecule has 0 bridgehead atoms. The average molecular weight is 382 g/mol. The summed E-state index contributed by atoms with van der Waals surface area (Å²) in [6.45, 7) is 7.83. The Kier molecular flexibility index (Phi) is 4.87. The van der Waals surface area contributed by atoms with Gasteiger partial charge < -0.3 is 19.4 Å². The number of fused-ring (bicyclic) bond motifs is 3. The molecule has 1 aromatic carbocycles. The minimum atomic E-state index is -0.419. The van der Waals surface area contributed by atoms with Crippen LogP contribution in [0.25, 0.3) is 21.9 Å². The molecule has 0 aliphatic carbocycles. The van der Waals surface area contributed by atoms with Crippen molar-refractivity contribution in [2.45, 2.75) is 33.0 Å². The average Bonchev–Trinajstić information content (AvgIpc) is 2.60. The zero-order valence-electron chi connectivity index (χ0n) is 16.2.